The molecule has 0 aromatic carbocycles. The number of pyridine rings is 1. The molecule has 0 bridgehead atoms. The number of rotatable bonds is 5. The van der Waals surface area contributed by atoms with E-state index in [1.807, 2.05) is 0 Å². The van der Waals surface area contributed by atoms with Gasteiger partial charge < -0.3 is 4.90 Å². The number of hydrogen-bond donors (Lipinski definition) is 0. The number of nitrogens with zero attached hydrogens (tertiary/aromatic N) is 3. The molecular weight excluding hydrogens is 335 g/mol. The summed E-state index contributed by atoms with van der Waals surface area (Å²) < 4.78 is 39.9. The normalized spacial score (nSPS) is 19.2. The first kappa shape index (κ1) is 17.6. The number of halogens is 3. The Morgan fingerprint density at radius 1 is 1.25 bits per heavy atom. The lowest BCUT2D eigenvalue weighted by Crippen LogP contribution is -2.31. The monoisotopic (exact) mass is 355 g/mol. The van der Waals surface area contributed by atoms with Crippen molar-refractivity contribution in [2.24, 2.45) is 0 Å². The summed E-state index contributed by atoms with van der Waals surface area (Å²) in [7, 11) is 0. The predicted molar refractivity (Wildman–Crippen MR) is 86.9 cm³/mol. The maximum atomic E-state index is 13.3. The van der Waals surface area contributed by atoms with Crippen LogP contribution in [0, 0.1) is 11.3 Å². The van der Waals surface area contributed by atoms with E-state index in [-0.39, 0.29) is 16.5 Å². The van der Waals surface area contributed by atoms with Gasteiger partial charge in [0.25, 0.3) is 0 Å². The number of hydrogen-bond acceptors (Lipinski definition) is 4. The van der Waals surface area contributed by atoms with Crippen LogP contribution in [0.5, 0.6) is 0 Å². The lowest BCUT2D eigenvalue weighted by molar-refractivity contribution is -0.138. The number of thioether (sulfide) groups is 1. The van der Waals surface area contributed by atoms with Gasteiger partial charge in [-0.3, -0.25) is 0 Å². The zero-order chi connectivity index (χ0) is 17.2. The summed E-state index contributed by atoms with van der Waals surface area (Å²) in [6.07, 6.45) is 0.869. The van der Waals surface area contributed by atoms with Crippen LogP contribution in [-0.4, -0.2) is 35.3 Å². The largest absolute Gasteiger partial charge is 0.417 e. The standard InChI is InChI=1S/C17H20F3N3S/c18-17(19,20)14-10-15(12-4-5-12)22-16(13(14)11-21)24-9-8-23-6-2-1-3-7-23/h10,12H,1-9H2. The van der Waals surface area contributed by atoms with Crippen molar-refractivity contribution in [1.29, 1.82) is 5.26 Å². The number of nitriles is 1. The molecule has 2 fully saturated rings. The van der Waals surface area contributed by atoms with Gasteiger partial charge in [-0.05, 0) is 44.8 Å². The van der Waals surface area contributed by atoms with Gasteiger partial charge in [0.2, 0.25) is 0 Å². The zero-order valence-electron chi connectivity index (χ0n) is 13.4. The summed E-state index contributed by atoms with van der Waals surface area (Å²) in [4.78, 5) is 6.72. The van der Waals surface area contributed by atoms with Crippen LogP contribution in [0.4, 0.5) is 13.2 Å². The first-order valence-corrected chi connectivity index (χ1v) is 9.35. The molecule has 130 valence electrons. The molecule has 1 saturated carbocycles. The van der Waals surface area contributed by atoms with E-state index in [1.165, 1.54) is 31.0 Å². The zero-order valence-corrected chi connectivity index (χ0v) is 14.2. The van der Waals surface area contributed by atoms with E-state index < -0.39 is 11.7 Å². The molecule has 0 spiro atoms. The van der Waals surface area contributed by atoms with Crippen molar-refractivity contribution in [2.45, 2.75) is 49.2 Å². The second-order valence-electron chi connectivity index (χ2n) is 6.41. The van der Waals surface area contributed by atoms with Crippen molar-refractivity contribution in [3.05, 3.63) is 22.9 Å². The highest BCUT2D eigenvalue weighted by atomic mass is 32.2. The summed E-state index contributed by atoms with van der Waals surface area (Å²) in [6.45, 7) is 2.93. The van der Waals surface area contributed by atoms with Gasteiger partial charge in [-0.1, -0.05) is 6.42 Å². The van der Waals surface area contributed by atoms with Crippen molar-refractivity contribution in [2.75, 3.05) is 25.4 Å². The minimum Gasteiger partial charge on any atom is -0.303 e. The van der Waals surface area contributed by atoms with Crippen molar-refractivity contribution >= 4 is 11.8 Å². The van der Waals surface area contributed by atoms with Crippen molar-refractivity contribution in [3.8, 4) is 6.07 Å². The summed E-state index contributed by atoms with van der Waals surface area (Å²) in [6, 6.07) is 2.80. The van der Waals surface area contributed by atoms with Crippen LogP contribution in [0.25, 0.3) is 0 Å². The summed E-state index contributed by atoms with van der Waals surface area (Å²) >= 11 is 1.28. The van der Waals surface area contributed by atoms with Crippen LogP contribution in [-0.2, 0) is 6.18 Å². The molecule has 0 radical (unpaired) electrons. The van der Waals surface area contributed by atoms with E-state index in [4.69, 9.17) is 0 Å². The molecule has 24 heavy (non-hydrogen) atoms. The van der Waals surface area contributed by atoms with Gasteiger partial charge >= 0.3 is 6.18 Å². The van der Waals surface area contributed by atoms with E-state index in [1.54, 1.807) is 6.07 Å². The molecule has 1 aromatic rings. The highest BCUT2D eigenvalue weighted by Gasteiger charge is 2.38. The average molecular weight is 355 g/mol. The lowest BCUT2D eigenvalue weighted by atomic mass is 10.1. The van der Waals surface area contributed by atoms with E-state index >= 15 is 0 Å². The molecule has 1 saturated heterocycles. The molecule has 1 aliphatic heterocycles. The van der Waals surface area contributed by atoms with Gasteiger partial charge in [-0.2, -0.15) is 18.4 Å². The highest BCUT2D eigenvalue weighted by Crippen LogP contribution is 2.43. The van der Waals surface area contributed by atoms with E-state index in [9.17, 15) is 18.4 Å². The lowest BCUT2D eigenvalue weighted by Gasteiger charge is -2.26. The third kappa shape index (κ3) is 4.22. The Balaban J connectivity index is 1.77. The predicted octanol–water partition coefficient (Wildman–Crippen LogP) is 4.43. The van der Waals surface area contributed by atoms with Crippen LogP contribution >= 0.6 is 11.8 Å². The van der Waals surface area contributed by atoms with E-state index in [0.29, 0.717) is 11.4 Å². The van der Waals surface area contributed by atoms with Crippen molar-refractivity contribution < 1.29 is 13.2 Å². The Bertz CT molecular complexity index is 629. The molecule has 0 atom stereocenters. The average Bonchev–Trinajstić information content (AvgIpc) is 3.39. The molecule has 3 nitrogen and oxygen atoms in total. The Labute approximate surface area is 144 Å². The van der Waals surface area contributed by atoms with Gasteiger partial charge in [0.15, 0.2) is 0 Å². The number of piperidine rings is 1. The smallest absolute Gasteiger partial charge is 0.303 e. The van der Waals surface area contributed by atoms with Gasteiger partial charge in [0.05, 0.1) is 11.1 Å². The van der Waals surface area contributed by atoms with Gasteiger partial charge in [-0.25, -0.2) is 4.98 Å². The van der Waals surface area contributed by atoms with E-state index in [0.717, 1.165) is 38.5 Å². The van der Waals surface area contributed by atoms with E-state index in [2.05, 4.69) is 9.88 Å². The fourth-order valence-electron chi connectivity index (χ4n) is 3.02. The Kier molecular flexibility index (Phi) is 5.36. The van der Waals surface area contributed by atoms with Gasteiger partial charge in [-0.15, -0.1) is 11.8 Å². The molecule has 1 aliphatic carbocycles. The summed E-state index contributed by atoms with van der Waals surface area (Å²) in [5, 5.41) is 9.48. The van der Waals surface area contributed by atoms with Crippen LogP contribution in [0.3, 0.4) is 0 Å². The van der Waals surface area contributed by atoms with Crippen molar-refractivity contribution in [3.63, 3.8) is 0 Å². The topological polar surface area (TPSA) is 39.9 Å². The maximum Gasteiger partial charge on any atom is 0.417 e. The number of alkyl halides is 3. The number of likely N-dealkylation sites (tertiary alicyclic amines) is 1. The molecule has 2 aliphatic rings. The second kappa shape index (κ2) is 7.32. The van der Waals surface area contributed by atoms with Gasteiger partial charge in [0, 0.05) is 23.9 Å². The SMILES string of the molecule is N#Cc1c(C(F)(F)F)cc(C2CC2)nc1SCCN1CCCCC1. The fraction of sp³-hybridized carbons (Fsp3) is 0.647. The molecule has 3 rings (SSSR count). The molecule has 2 heterocycles. The van der Waals surface area contributed by atoms with Crippen LogP contribution < -0.4 is 0 Å². The Morgan fingerprint density at radius 3 is 2.54 bits per heavy atom. The first-order chi connectivity index (χ1) is 11.5. The summed E-state index contributed by atoms with van der Waals surface area (Å²) in [5.41, 5.74) is -0.667. The quantitative estimate of drug-likeness (QED) is 0.733. The third-order valence-corrected chi connectivity index (χ3v) is 5.47. The molecular formula is C17H20F3N3S. The second-order valence-corrected chi connectivity index (χ2v) is 7.49. The molecule has 0 amide bonds. The van der Waals surface area contributed by atoms with Crippen LogP contribution in [0.1, 0.15) is 54.8 Å². The molecule has 0 unspecified atom stereocenters. The number of aromatic nitrogens is 1. The molecule has 1 aromatic heterocycles. The third-order valence-electron chi connectivity index (χ3n) is 4.51. The molecule has 0 N–H and O–H groups in total. The molecule has 7 heteroatoms. The fourth-order valence-corrected chi connectivity index (χ4v) is 4.03. The van der Waals surface area contributed by atoms with Gasteiger partial charge in [0.1, 0.15) is 11.1 Å². The van der Waals surface area contributed by atoms with Crippen LogP contribution in [0.2, 0.25) is 0 Å². The highest BCUT2D eigenvalue weighted by molar-refractivity contribution is 7.99. The Hall–Kier alpha value is -1.26. The van der Waals surface area contributed by atoms with Crippen LogP contribution in [0.15, 0.2) is 11.1 Å². The minimum absolute atomic E-state index is 0.125. The summed E-state index contributed by atoms with van der Waals surface area (Å²) in [5.74, 6) is 0.785. The van der Waals surface area contributed by atoms with Crippen molar-refractivity contribution in [1.82, 2.24) is 9.88 Å². The first-order valence-electron chi connectivity index (χ1n) is 8.36. The maximum absolute atomic E-state index is 13.3. The minimum atomic E-state index is -4.51. The Morgan fingerprint density at radius 2 is 1.96 bits per heavy atom.